The topological polar surface area (TPSA) is 56.1 Å². The van der Waals surface area contributed by atoms with Crippen LogP contribution in [0.1, 0.15) is 24.4 Å². The zero-order chi connectivity index (χ0) is 13.7. The molecule has 1 aromatic carbocycles. The third-order valence-electron chi connectivity index (χ3n) is 3.26. The first kappa shape index (κ1) is 14.0. The van der Waals surface area contributed by atoms with E-state index in [-0.39, 0.29) is 18.5 Å². The summed E-state index contributed by atoms with van der Waals surface area (Å²) in [7, 11) is 0. The maximum absolute atomic E-state index is 12.3. The lowest BCUT2D eigenvalue weighted by atomic mass is 10.0. The van der Waals surface area contributed by atoms with Crippen LogP contribution < -0.4 is 5.32 Å². The Bertz CT molecular complexity index is 492. The van der Waals surface area contributed by atoms with Gasteiger partial charge in [0.15, 0.2) is 0 Å². The van der Waals surface area contributed by atoms with Crippen molar-refractivity contribution in [1.29, 1.82) is 5.26 Å². The monoisotopic (exact) mass is 321 g/mol. The van der Waals surface area contributed by atoms with Crippen LogP contribution in [0.15, 0.2) is 28.7 Å². The number of nitrogens with zero attached hydrogens (tertiary/aromatic N) is 2. The summed E-state index contributed by atoms with van der Waals surface area (Å²) in [5.74, 6) is -0.0958. The third kappa shape index (κ3) is 3.55. The Balaban J connectivity index is 2.23. The fourth-order valence-corrected chi connectivity index (χ4v) is 2.84. The Morgan fingerprint density at radius 1 is 1.47 bits per heavy atom. The van der Waals surface area contributed by atoms with Gasteiger partial charge in [-0.1, -0.05) is 28.1 Å². The van der Waals surface area contributed by atoms with Gasteiger partial charge in [0.05, 0.1) is 6.07 Å². The van der Waals surface area contributed by atoms with Crippen molar-refractivity contribution in [3.05, 3.63) is 34.3 Å². The van der Waals surface area contributed by atoms with Gasteiger partial charge in [-0.3, -0.25) is 9.69 Å². The molecule has 0 aliphatic carbocycles. The van der Waals surface area contributed by atoms with Gasteiger partial charge >= 0.3 is 0 Å². The summed E-state index contributed by atoms with van der Waals surface area (Å²) in [4.78, 5) is 14.5. The molecule has 1 N–H and O–H groups in total. The summed E-state index contributed by atoms with van der Waals surface area (Å²) in [5.41, 5.74) is 0.965. The van der Waals surface area contributed by atoms with Crippen LogP contribution in [-0.2, 0) is 4.79 Å². The Labute approximate surface area is 121 Å². The fourth-order valence-electron chi connectivity index (χ4n) is 2.43. The van der Waals surface area contributed by atoms with Crippen molar-refractivity contribution in [2.24, 2.45) is 0 Å². The molecular formula is C14H16BrN3O. The van der Waals surface area contributed by atoms with Crippen LogP contribution in [0.2, 0.25) is 0 Å². The predicted molar refractivity (Wildman–Crippen MR) is 76.3 cm³/mol. The predicted octanol–water partition coefficient (Wildman–Crippen LogP) is 2.23. The zero-order valence-corrected chi connectivity index (χ0v) is 12.2. The molecule has 19 heavy (non-hydrogen) atoms. The van der Waals surface area contributed by atoms with Crippen molar-refractivity contribution in [1.82, 2.24) is 10.2 Å². The smallest absolute Gasteiger partial charge is 0.242 e. The van der Waals surface area contributed by atoms with E-state index >= 15 is 0 Å². The number of benzene rings is 1. The van der Waals surface area contributed by atoms with Crippen LogP contribution in [-0.4, -0.2) is 30.4 Å². The van der Waals surface area contributed by atoms with Gasteiger partial charge < -0.3 is 5.32 Å². The van der Waals surface area contributed by atoms with Gasteiger partial charge in [-0.15, -0.1) is 0 Å². The van der Waals surface area contributed by atoms with Crippen molar-refractivity contribution >= 4 is 21.8 Å². The molecule has 1 aliphatic heterocycles. The van der Waals surface area contributed by atoms with Gasteiger partial charge in [-0.25, -0.2) is 0 Å². The van der Waals surface area contributed by atoms with Crippen molar-refractivity contribution in [2.45, 2.75) is 18.9 Å². The molecule has 4 nitrogen and oxygen atoms in total. The van der Waals surface area contributed by atoms with E-state index in [1.807, 2.05) is 30.3 Å². The Morgan fingerprint density at radius 2 is 2.21 bits per heavy atom. The Hall–Kier alpha value is -1.38. The molecule has 0 aromatic heterocycles. The van der Waals surface area contributed by atoms with Crippen LogP contribution in [0.3, 0.4) is 0 Å². The van der Waals surface area contributed by atoms with Crippen LogP contribution >= 0.6 is 15.9 Å². The quantitative estimate of drug-likeness (QED) is 0.865. The highest BCUT2D eigenvalue weighted by molar-refractivity contribution is 9.10. The highest BCUT2D eigenvalue weighted by Gasteiger charge is 2.29. The molecule has 1 amide bonds. The van der Waals surface area contributed by atoms with E-state index in [0.29, 0.717) is 0 Å². The Kier molecular flexibility index (Phi) is 4.94. The fraction of sp³-hybridized carbons (Fsp3) is 0.429. The third-order valence-corrected chi connectivity index (χ3v) is 3.75. The van der Waals surface area contributed by atoms with Crippen molar-refractivity contribution in [2.75, 3.05) is 19.6 Å². The number of hydrogen-bond donors (Lipinski definition) is 1. The average molecular weight is 322 g/mol. The molecule has 0 saturated carbocycles. The number of carbonyl (C=O) groups excluding carboxylic acids is 1. The van der Waals surface area contributed by atoms with Crippen molar-refractivity contribution in [3.8, 4) is 6.07 Å². The second kappa shape index (κ2) is 6.69. The van der Waals surface area contributed by atoms with E-state index < -0.39 is 0 Å². The molecule has 0 spiro atoms. The maximum atomic E-state index is 12.3. The zero-order valence-electron chi connectivity index (χ0n) is 10.6. The van der Waals surface area contributed by atoms with Crippen molar-refractivity contribution in [3.63, 3.8) is 0 Å². The molecule has 1 saturated heterocycles. The lowest BCUT2D eigenvalue weighted by Gasteiger charge is -2.26. The molecule has 1 atom stereocenters. The number of nitriles is 1. The summed E-state index contributed by atoms with van der Waals surface area (Å²) >= 11 is 3.44. The van der Waals surface area contributed by atoms with Gasteiger partial charge in [0, 0.05) is 4.47 Å². The number of carbonyl (C=O) groups is 1. The molecule has 0 unspecified atom stereocenters. The first-order valence-corrected chi connectivity index (χ1v) is 7.16. The highest BCUT2D eigenvalue weighted by Crippen LogP contribution is 2.27. The van der Waals surface area contributed by atoms with E-state index in [4.69, 9.17) is 5.26 Å². The van der Waals surface area contributed by atoms with Crippen LogP contribution in [0, 0.1) is 11.3 Å². The second-order valence-corrected chi connectivity index (χ2v) is 5.49. The van der Waals surface area contributed by atoms with E-state index in [9.17, 15) is 4.79 Å². The van der Waals surface area contributed by atoms with E-state index in [0.717, 1.165) is 36.0 Å². The highest BCUT2D eigenvalue weighted by atomic mass is 79.9. The van der Waals surface area contributed by atoms with E-state index in [1.54, 1.807) is 0 Å². The van der Waals surface area contributed by atoms with Gasteiger partial charge in [0.25, 0.3) is 0 Å². The lowest BCUT2D eigenvalue weighted by molar-refractivity contribution is -0.126. The second-order valence-electron chi connectivity index (χ2n) is 4.58. The largest absolute Gasteiger partial charge is 0.341 e. The van der Waals surface area contributed by atoms with Crippen LogP contribution in [0.5, 0.6) is 0 Å². The first-order chi connectivity index (χ1) is 9.22. The Morgan fingerprint density at radius 3 is 2.84 bits per heavy atom. The lowest BCUT2D eigenvalue weighted by Crippen LogP contribution is -2.39. The number of halogens is 1. The number of hydrogen-bond acceptors (Lipinski definition) is 3. The SMILES string of the molecule is N#CCNC(=O)[C@H](c1cccc(Br)c1)N1CCCC1. The number of nitrogens with one attached hydrogen (secondary N) is 1. The minimum absolute atomic E-state index is 0.0528. The molecule has 5 heteroatoms. The molecule has 100 valence electrons. The molecule has 1 fully saturated rings. The molecule has 1 heterocycles. The summed E-state index contributed by atoms with van der Waals surface area (Å²) in [6.07, 6.45) is 2.24. The number of likely N-dealkylation sites (tertiary alicyclic amines) is 1. The minimum Gasteiger partial charge on any atom is -0.341 e. The van der Waals surface area contributed by atoms with Gasteiger partial charge in [0.1, 0.15) is 12.6 Å². The molecule has 2 rings (SSSR count). The minimum atomic E-state index is -0.298. The van der Waals surface area contributed by atoms with Gasteiger partial charge in [-0.2, -0.15) is 5.26 Å². The van der Waals surface area contributed by atoms with Crippen LogP contribution in [0.25, 0.3) is 0 Å². The summed E-state index contributed by atoms with van der Waals surface area (Å²) in [6, 6.07) is 9.45. The molecular weight excluding hydrogens is 306 g/mol. The van der Waals surface area contributed by atoms with Crippen LogP contribution in [0.4, 0.5) is 0 Å². The molecule has 1 aromatic rings. The number of rotatable bonds is 4. The van der Waals surface area contributed by atoms with Crippen molar-refractivity contribution < 1.29 is 4.79 Å². The van der Waals surface area contributed by atoms with E-state index in [1.165, 1.54) is 0 Å². The van der Waals surface area contributed by atoms with E-state index in [2.05, 4.69) is 26.1 Å². The molecule has 1 aliphatic rings. The first-order valence-electron chi connectivity index (χ1n) is 6.36. The standard InChI is InChI=1S/C14H16BrN3O/c15-12-5-3-4-11(10-12)13(14(19)17-7-6-16)18-8-1-2-9-18/h3-5,10,13H,1-2,7-9H2,(H,17,19)/t13-/m0/s1. The maximum Gasteiger partial charge on any atom is 0.242 e. The molecule has 0 bridgehead atoms. The van der Waals surface area contributed by atoms with Gasteiger partial charge in [0.2, 0.25) is 5.91 Å². The summed E-state index contributed by atoms with van der Waals surface area (Å²) < 4.78 is 0.960. The number of amides is 1. The average Bonchev–Trinajstić information content (AvgIpc) is 2.90. The normalized spacial score (nSPS) is 16.8. The summed E-state index contributed by atoms with van der Waals surface area (Å²) in [5, 5.41) is 11.3. The van der Waals surface area contributed by atoms with Gasteiger partial charge in [-0.05, 0) is 43.6 Å². The molecule has 0 radical (unpaired) electrons. The summed E-state index contributed by atoms with van der Waals surface area (Å²) in [6.45, 7) is 1.91.